The van der Waals surface area contributed by atoms with Gasteiger partial charge in [0, 0.05) is 26.5 Å². The van der Waals surface area contributed by atoms with Crippen LogP contribution < -0.4 is 5.32 Å². The van der Waals surface area contributed by atoms with Crippen molar-refractivity contribution in [3.05, 3.63) is 29.6 Å². The number of amides is 1. The molecule has 1 aliphatic rings. The summed E-state index contributed by atoms with van der Waals surface area (Å²) in [4.78, 5) is 15.7. The zero-order chi connectivity index (χ0) is 15.7. The summed E-state index contributed by atoms with van der Waals surface area (Å²) in [6.45, 7) is 3.33. The molecule has 3 heterocycles. The molecule has 6 nitrogen and oxygen atoms in total. The Hall–Kier alpha value is -2.08. The Morgan fingerprint density at radius 1 is 1.50 bits per heavy atom. The van der Waals surface area contributed by atoms with E-state index in [-0.39, 0.29) is 6.04 Å². The average Bonchev–Trinajstić information content (AvgIpc) is 2.87. The van der Waals surface area contributed by atoms with Gasteiger partial charge >= 0.3 is 6.09 Å². The first-order chi connectivity index (χ1) is 10.6. The van der Waals surface area contributed by atoms with Crippen LogP contribution >= 0.6 is 0 Å². The molecule has 0 bridgehead atoms. The lowest BCUT2D eigenvalue weighted by Crippen LogP contribution is -2.27. The molecule has 1 unspecified atom stereocenters. The van der Waals surface area contributed by atoms with Gasteiger partial charge in [0.15, 0.2) is 0 Å². The molecule has 0 saturated carbocycles. The van der Waals surface area contributed by atoms with E-state index < -0.39 is 6.09 Å². The second-order valence-corrected chi connectivity index (χ2v) is 5.85. The summed E-state index contributed by atoms with van der Waals surface area (Å²) in [6.07, 6.45) is 2.85. The SMILES string of the molecule is CC(NC(=O)O)c1nc2ccn(C)c2cc1C1CCOCC1. The molecular weight excluding hydrogens is 282 g/mol. The van der Waals surface area contributed by atoms with Gasteiger partial charge in [-0.3, -0.25) is 0 Å². The van der Waals surface area contributed by atoms with Crippen molar-refractivity contribution >= 4 is 17.1 Å². The van der Waals surface area contributed by atoms with E-state index >= 15 is 0 Å². The summed E-state index contributed by atoms with van der Waals surface area (Å²) in [5.41, 5.74) is 3.94. The van der Waals surface area contributed by atoms with Crippen molar-refractivity contribution in [3.8, 4) is 0 Å². The molecule has 1 amide bonds. The van der Waals surface area contributed by atoms with Crippen LogP contribution in [0.3, 0.4) is 0 Å². The molecule has 0 aliphatic carbocycles. The van der Waals surface area contributed by atoms with Crippen LogP contribution in [0.2, 0.25) is 0 Å². The average molecular weight is 303 g/mol. The van der Waals surface area contributed by atoms with Gasteiger partial charge in [-0.25, -0.2) is 9.78 Å². The number of pyridine rings is 1. The van der Waals surface area contributed by atoms with E-state index in [0.29, 0.717) is 5.92 Å². The number of nitrogens with zero attached hydrogens (tertiary/aromatic N) is 2. The van der Waals surface area contributed by atoms with Crippen LogP contribution in [0.4, 0.5) is 4.79 Å². The fourth-order valence-electron chi connectivity index (χ4n) is 3.15. The molecule has 118 valence electrons. The lowest BCUT2D eigenvalue weighted by Gasteiger charge is -2.26. The van der Waals surface area contributed by atoms with Gasteiger partial charge in [-0.15, -0.1) is 0 Å². The van der Waals surface area contributed by atoms with Gasteiger partial charge in [-0.05, 0) is 43.4 Å². The van der Waals surface area contributed by atoms with Crippen molar-refractivity contribution in [2.75, 3.05) is 13.2 Å². The minimum Gasteiger partial charge on any atom is -0.465 e. The molecular formula is C16H21N3O3. The fraction of sp³-hybridized carbons (Fsp3) is 0.500. The van der Waals surface area contributed by atoms with E-state index in [1.165, 1.54) is 0 Å². The molecule has 2 N–H and O–H groups in total. The molecule has 0 radical (unpaired) electrons. The van der Waals surface area contributed by atoms with Gasteiger partial charge < -0.3 is 19.7 Å². The van der Waals surface area contributed by atoms with Gasteiger partial charge in [0.05, 0.1) is 22.8 Å². The number of ether oxygens (including phenoxy) is 1. The van der Waals surface area contributed by atoms with Crippen LogP contribution in [0, 0.1) is 0 Å². The molecule has 3 rings (SSSR count). The third-order valence-electron chi connectivity index (χ3n) is 4.34. The van der Waals surface area contributed by atoms with Crippen molar-refractivity contribution < 1.29 is 14.6 Å². The number of aryl methyl sites for hydroxylation is 1. The fourth-order valence-corrected chi connectivity index (χ4v) is 3.15. The smallest absolute Gasteiger partial charge is 0.405 e. The summed E-state index contributed by atoms with van der Waals surface area (Å²) in [6, 6.07) is 3.79. The first kappa shape index (κ1) is 14.8. The van der Waals surface area contributed by atoms with Crippen LogP contribution in [-0.4, -0.2) is 34.0 Å². The molecule has 1 aliphatic heterocycles. The molecule has 2 aromatic heterocycles. The Morgan fingerprint density at radius 3 is 2.91 bits per heavy atom. The molecule has 1 fully saturated rings. The number of carbonyl (C=O) groups is 1. The normalized spacial score (nSPS) is 17.5. The topological polar surface area (TPSA) is 76.4 Å². The van der Waals surface area contributed by atoms with Crippen LogP contribution in [0.1, 0.15) is 43.0 Å². The van der Waals surface area contributed by atoms with E-state index in [0.717, 1.165) is 48.3 Å². The highest BCUT2D eigenvalue weighted by atomic mass is 16.5. The number of fused-ring (bicyclic) bond motifs is 1. The van der Waals surface area contributed by atoms with Crippen molar-refractivity contribution in [2.45, 2.75) is 31.7 Å². The Kier molecular flexibility index (Phi) is 4.02. The maximum atomic E-state index is 11.0. The number of carboxylic acid groups (broad SMARTS) is 1. The molecule has 1 saturated heterocycles. The second-order valence-electron chi connectivity index (χ2n) is 5.85. The lowest BCUT2D eigenvalue weighted by atomic mass is 9.88. The van der Waals surface area contributed by atoms with E-state index in [4.69, 9.17) is 14.8 Å². The summed E-state index contributed by atoms with van der Waals surface area (Å²) < 4.78 is 7.49. The van der Waals surface area contributed by atoms with Crippen molar-refractivity contribution in [3.63, 3.8) is 0 Å². The lowest BCUT2D eigenvalue weighted by molar-refractivity contribution is 0.0850. The molecule has 2 aromatic rings. The van der Waals surface area contributed by atoms with Crippen LogP contribution in [0.15, 0.2) is 18.3 Å². The number of aromatic nitrogens is 2. The predicted molar refractivity (Wildman–Crippen MR) is 83.1 cm³/mol. The van der Waals surface area contributed by atoms with Crippen molar-refractivity contribution in [1.82, 2.24) is 14.9 Å². The first-order valence-electron chi connectivity index (χ1n) is 7.59. The number of rotatable bonds is 3. The Balaban J connectivity index is 2.07. The molecule has 0 spiro atoms. The zero-order valence-electron chi connectivity index (χ0n) is 12.9. The van der Waals surface area contributed by atoms with E-state index in [9.17, 15) is 4.79 Å². The monoisotopic (exact) mass is 303 g/mol. The Bertz CT molecular complexity index is 689. The quantitative estimate of drug-likeness (QED) is 0.914. The zero-order valence-corrected chi connectivity index (χ0v) is 12.9. The Labute approximate surface area is 129 Å². The standard InChI is InChI=1S/C16H21N3O3/c1-10(17-16(20)21)15-12(11-4-7-22-8-5-11)9-14-13(18-15)3-6-19(14)2/h3,6,9-11,17H,4-5,7-8H2,1-2H3,(H,20,21). The van der Waals surface area contributed by atoms with Gasteiger partial charge in [-0.1, -0.05) is 0 Å². The van der Waals surface area contributed by atoms with Gasteiger partial charge in [0.1, 0.15) is 0 Å². The molecule has 22 heavy (non-hydrogen) atoms. The maximum absolute atomic E-state index is 11.0. The van der Waals surface area contributed by atoms with E-state index in [2.05, 4.69) is 11.4 Å². The van der Waals surface area contributed by atoms with Gasteiger partial charge in [0.25, 0.3) is 0 Å². The summed E-state index contributed by atoms with van der Waals surface area (Å²) >= 11 is 0. The Morgan fingerprint density at radius 2 is 2.23 bits per heavy atom. The summed E-state index contributed by atoms with van der Waals surface area (Å²) in [5.74, 6) is 0.369. The van der Waals surface area contributed by atoms with Crippen molar-refractivity contribution in [1.29, 1.82) is 0 Å². The summed E-state index contributed by atoms with van der Waals surface area (Å²) in [7, 11) is 2.00. The van der Waals surface area contributed by atoms with Gasteiger partial charge in [-0.2, -0.15) is 0 Å². The first-order valence-corrected chi connectivity index (χ1v) is 7.59. The molecule has 6 heteroatoms. The largest absolute Gasteiger partial charge is 0.465 e. The van der Waals surface area contributed by atoms with E-state index in [1.807, 2.05) is 30.8 Å². The minimum absolute atomic E-state index is 0.333. The van der Waals surface area contributed by atoms with Crippen LogP contribution in [0.5, 0.6) is 0 Å². The van der Waals surface area contributed by atoms with E-state index in [1.54, 1.807) is 0 Å². The minimum atomic E-state index is -1.03. The second kappa shape index (κ2) is 5.96. The predicted octanol–water partition coefficient (Wildman–Crippen LogP) is 2.80. The van der Waals surface area contributed by atoms with Crippen LogP contribution in [0.25, 0.3) is 11.0 Å². The van der Waals surface area contributed by atoms with Gasteiger partial charge in [0.2, 0.25) is 0 Å². The summed E-state index contributed by atoms with van der Waals surface area (Å²) in [5, 5.41) is 11.5. The number of hydrogen-bond acceptors (Lipinski definition) is 3. The van der Waals surface area contributed by atoms with Crippen molar-refractivity contribution in [2.24, 2.45) is 7.05 Å². The molecule has 1 atom stereocenters. The highest BCUT2D eigenvalue weighted by Crippen LogP contribution is 2.33. The number of nitrogens with one attached hydrogen (secondary N) is 1. The third-order valence-corrected chi connectivity index (χ3v) is 4.34. The van der Waals surface area contributed by atoms with Crippen LogP contribution in [-0.2, 0) is 11.8 Å². The number of hydrogen-bond donors (Lipinski definition) is 2. The highest BCUT2D eigenvalue weighted by Gasteiger charge is 2.24. The highest BCUT2D eigenvalue weighted by molar-refractivity contribution is 5.77. The molecule has 0 aromatic carbocycles. The third kappa shape index (κ3) is 2.78. The maximum Gasteiger partial charge on any atom is 0.405 e.